The Labute approximate surface area is 129 Å². The largest absolute Gasteiger partial charge is 0.380 e. The van der Waals surface area contributed by atoms with Crippen molar-refractivity contribution in [3.05, 3.63) is 58.3 Å². The van der Waals surface area contributed by atoms with Crippen molar-refractivity contribution >= 4 is 21.7 Å². The molecule has 0 aliphatic rings. The summed E-state index contributed by atoms with van der Waals surface area (Å²) in [5.41, 5.74) is 8.23. The van der Waals surface area contributed by atoms with Gasteiger partial charge in [0.25, 0.3) is 0 Å². The molecule has 0 aliphatic heterocycles. The third-order valence-corrected chi connectivity index (χ3v) is 3.82. The van der Waals surface area contributed by atoms with Crippen molar-refractivity contribution in [2.75, 3.05) is 5.73 Å². The molecule has 2 aromatic carbocycles. The summed E-state index contributed by atoms with van der Waals surface area (Å²) in [6.07, 6.45) is 0. The van der Waals surface area contributed by atoms with Crippen LogP contribution in [0.15, 0.2) is 51.5 Å². The summed E-state index contributed by atoms with van der Waals surface area (Å²) in [6.45, 7) is 1.71. The van der Waals surface area contributed by atoms with Gasteiger partial charge in [0.15, 0.2) is 11.6 Å². The highest BCUT2D eigenvalue weighted by Crippen LogP contribution is 2.38. The van der Waals surface area contributed by atoms with Crippen LogP contribution in [0.3, 0.4) is 0 Å². The molecule has 0 amide bonds. The van der Waals surface area contributed by atoms with Crippen molar-refractivity contribution in [2.45, 2.75) is 6.92 Å². The number of rotatable bonds is 2. The summed E-state index contributed by atoms with van der Waals surface area (Å²) < 4.78 is 20.5. The highest BCUT2D eigenvalue weighted by molar-refractivity contribution is 9.10. The SMILES string of the molecule is Cc1cccc(-c2onc(N)c2-c2ccc(Br)cc2)c1F. The van der Waals surface area contributed by atoms with Gasteiger partial charge in [0.2, 0.25) is 0 Å². The number of halogens is 2. The second-order valence-corrected chi connectivity index (χ2v) is 5.63. The molecule has 3 rings (SSSR count). The molecule has 5 heteroatoms. The predicted molar refractivity (Wildman–Crippen MR) is 84.2 cm³/mol. The number of hydrogen-bond donors (Lipinski definition) is 1. The monoisotopic (exact) mass is 346 g/mol. The maximum atomic E-state index is 14.3. The van der Waals surface area contributed by atoms with E-state index in [0.29, 0.717) is 22.5 Å². The minimum Gasteiger partial charge on any atom is -0.380 e. The number of benzene rings is 2. The lowest BCUT2D eigenvalue weighted by Gasteiger charge is -2.05. The van der Waals surface area contributed by atoms with Crippen molar-refractivity contribution in [1.82, 2.24) is 5.16 Å². The second-order valence-electron chi connectivity index (χ2n) is 4.72. The normalized spacial score (nSPS) is 10.8. The summed E-state index contributed by atoms with van der Waals surface area (Å²) in [5.74, 6) is 0.260. The fraction of sp³-hybridized carbons (Fsp3) is 0.0625. The van der Waals surface area contributed by atoms with E-state index >= 15 is 0 Å². The van der Waals surface area contributed by atoms with Crippen molar-refractivity contribution in [1.29, 1.82) is 0 Å². The van der Waals surface area contributed by atoms with Gasteiger partial charge in [0.05, 0.1) is 11.1 Å². The molecule has 106 valence electrons. The third kappa shape index (κ3) is 2.45. The van der Waals surface area contributed by atoms with Gasteiger partial charge in [-0.2, -0.15) is 0 Å². The molecule has 0 saturated carbocycles. The molecular weight excluding hydrogens is 335 g/mol. The molecule has 0 bridgehead atoms. The minimum atomic E-state index is -0.327. The van der Waals surface area contributed by atoms with E-state index in [2.05, 4.69) is 21.1 Å². The molecule has 3 nitrogen and oxygen atoms in total. The lowest BCUT2D eigenvalue weighted by molar-refractivity contribution is 0.433. The summed E-state index contributed by atoms with van der Waals surface area (Å²) in [4.78, 5) is 0. The number of nitrogen functional groups attached to an aromatic ring is 1. The Bertz CT molecular complexity index is 797. The van der Waals surface area contributed by atoms with Crippen molar-refractivity contribution in [3.63, 3.8) is 0 Å². The molecule has 0 spiro atoms. The number of anilines is 1. The van der Waals surface area contributed by atoms with E-state index in [1.165, 1.54) is 0 Å². The van der Waals surface area contributed by atoms with Crippen LogP contribution in [0.1, 0.15) is 5.56 Å². The highest BCUT2D eigenvalue weighted by Gasteiger charge is 2.20. The average molecular weight is 347 g/mol. The standard InChI is InChI=1S/C16H12BrFN2O/c1-9-3-2-4-12(14(9)18)15-13(16(19)20-21-15)10-5-7-11(17)8-6-10/h2-8H,1H3,(H2,19,20). The molecule has 0 radical (unpaired) electrons. The van der Waals surface area contributed by atoms with Gasteiger partial charge >= 0.3 is 0 Å². The Hall–Kier alpha value is -2.14. The smallest absolute Gasteiger partial charge is 0.179 e. The van der Waals surface area contributed by atoms with Gasteiger partial charge < -0.3 is 10.3 Å². The lowest BCUT2D eigenvalue weighted by atomic mass is 10.00. The van der Waals surface area contributed by atoms with Crippen molar-refractivity contribution in [3.8, 4) is 22.5 Å². The molecule has 1 heterocycles. The number of hydrogen-bond acceptors (Lipinski definition) is 3. The summed E-state index contributed by atoms with van der Waals surface area (Å²) in [7, 11) is 0. The molecule has 0 atom stereocenters. The molecule has 1 aromatic heterocycles. The van der Waals surface area contributed by atoms with E-state index in [0.717, 1.165) is 10.0 Å². The third-order valence-electron chi connectivity index (χ3n) is 3.29. The first-order valence-corrected chi connectivity index (χ1v) is 7.14. The molecule has 0 aliphatic carbocycles. The van der Waals surface area contributed by atoms with Gasteiger partial charge in [-0.05, 0) is 36.2 Å². The maximum Gasteiger partial charge on any atom is 0.179 e. The molecule has 0 saturated heterocycles. The number of nitrogens with zero attached hydrogens (tertiary/aromatic N) is 1. The summed E-state index contributed by atoms with van der Waals surface area (Å²) in [6, 6.07) is 12.7. The Morgan fingerprint density at radius 2 is 1.86 bits per heavy atom. The summed E-state index contributed by atoms with van der Waals surface area (Å²) >= 11 is 3.38. The van der Waals surface area contributed by atoms with Crippen molar-refractivity contribution < 1.29 is 8.91 Å². The molecule has 21 heavy (non-hydrogen) atoms. The Balaban J connectivity index is 2.22. The van der Waals surface area contributed by atoms with Crippen LogP contribution in [0.2, 0.25) is 0 Å². The van der Waals surface area contributed by atoms with Gasteiger partial charge in [-0.15, -0.1) is 0 Å². The molecule has 0 unspecified atom stereocenters. The second kappa shape index (κ2) is 5.33. The van der Waals surface area contributed by atoms with E-state index in [9.17, 15) is 4.39 Å². The van der Waals surface area contributed by atoms with Crippen molar-refractivity contribution in [2.24, 2.45) is 0 Å². The van der Waals surface area contributed by atoms with Crippen LogP contribution in [-0.2, 0) is 0 Å². The van der Waals surface area contributed by atoms with E-state index in [1.54, 1.807) is 25.1 Å². The van der Waals surface area contributed by atoms with Crippen LogP contribution in [0.5, 0.6) is 0 Å². The Morgan fingerprint density at radius 3 is 2.57 bits per heavy atom. The first-order chi connectivity index (χ1) is 10.1. The highest BCUT2D eigenvalue weighted by atomic mass is 79.9. The van der Waals surface area contributed by atoms with Gasteiger partial charge in [0.1, 0.15) is 5.82 Å². The molecule has 2 N–H and O–H groups in total. The quantitative estimate of drug-likeness (QED) is 0.724. The number of nitrogens with two attached hydrogens (primary N) is 1. The Kier molecular flexibility index (Phi) is 3.51. The number of aromatic nitrogens is 1. The predicted octanol–water partition coefficient (Wildman–Crippen LogP) is 4.80. The summed E-state index contributed by atoms with van der Waals surface area (Å²) in [5, 5.41) is 3.79. The van der Waals surface area contributed by atoms with Crippen LogP contribution >= 0.6 is 15.9 Å². The van der Waals surface area contributed by atoms with Crippen LogP contribution in [0.4, 0.5) is 10.2 Å². The van der Waals surface area contributed by atoms with Crippen LogP contribution in [-0.4, -0.2) is 5.16 Å². The fourth-order valence-corrected chi connectivity index (χ4v) is 2.47. The molecule has 0 fully saturated rings. The van der Waals surface area contributed by atoms with Gasteiger partial charge in [0, 0.05) is 4.47 Å². The Morgan fingerprint density at radius 1 is 1.14 bits per heavy atom. The number of aryl methyl sites for hydroxylation is 1. The first kappa shape index (κ1) is 13.8. The van der Waals surface area contributed by atoms with E-state index in [4.69, 9.17) is 10.3 Å². The van der Waals surface area contributed by atoms with E-state index in [-0.39, 0.29) is 11.6 Å². The zero-order chi connectivity index (χ0) is 15.0. The van der Waals surface area contributed by atoms with E-state index < -0.39 is 0 Å². The minimum absolute atomic E-state index is 0.244. The molecule has 3 aromatic rings. The average Bonchev–Trinajstić information content (AvgIpc) is 2.85. The van der Waals surface area contributed by atoms with Gasteiger partial charge in [-0.25, -0.2) is 4.39 Å². The van der Waals surface area contributed by atoms with E-state index in [1.807, 2.05) is 24.3 Å². The van der Waals surface area contributed by atoms with Gasteiger partial charge in [-0.3, -0.25) is 0 Å². The van der Waals surface area contributed by atoms with Gasteiger partial charge in [-0.1, -0.05) is 45.4 Å². The zero-order valence-electron chi connectivity index (χ0n) is 11.2. The lowest BCUT2D eigenvalue weighted by Crippen LogP contribution is -1.91. The van der Waals surface area contributed by atoms with Crippen LogP contribution in [0.25, 0.3) is 22.5 Å². The zero-order valence-corrected chi connectivity index (χ0v) is 12.8. The van der Waals surface area contributed by atoms with Crippen LogP contribution in [0, 0.1) is 12.7 Å². The first-order valence-electron chi connectivity index (χ1n) is 6.34. The molecular formula is C16H12BrFN2O. The maximum absolute atomic E-state index is 14.3. The topological polar surface area (TPSA) is 52.0 Å². The fourth-order valence-electron chi connectivity index (χ4n) is 2.20. The van der Waals surface area contributed by atoms with Crippen LogP contribution < -0.4 is 5.73 Å².